The number of ether oxygens (including phenoxy) is 1. The Hall–Kier alpha value is -1.58. The Balaban J connectivity index is 2.01. The number of rotatable bonds is 6. The second-order valence-corrected chi connectivity index (χ2v) is 5.27. The lowest BCUT2D eigenvalue weighted by atomic mass is 10.1. The zero-order chi connectivity index (χ0) is 14.4. The van der Waals surface area contributed by atoms with Crippen LogP contribution in [0.25, 0.3) is 0 Å². The van der Waals surface area contributed by atoms with Gasteiger partial charge in [0.1, 0.15) is 5.75 Å². The number of halogens is 1. The standard InChI is InChI=1S/C16H19ClN2O/c1-12(18)11-14-3-2-4-15(17)16(14)20-10-7-13-5-8-19-9-6-13/h2-6,8-9,12H,7,10-11,18H2,1H3. The van der Waals surface area contributed by atoms with E-state index in [0.29, 0.717) is 11.6 Å². The van der Waals surface area contributed by atoms with Crippen LogP contribution in [0, 0.1) is 0 Å². The lowest BCUT2D eigenvalue weighted by Gasteiger charge is -2.14. The molecule has 0 aliphatic heterocycles. The quantitative estimate of drug-likeness (QED) is 0.888. The van der Waals surface area contributed by atoms with E-state index >= 15 is 0 Å². The minimum absolute atomic E-state index is 0.0796. The molecule has 0 aliphatic carbocycles. The molecule has 1 unspecified atom stereocenters. The molecule has 0 saturated carbocycles. The number of benzene rings is 1. The molecule has 2 N–H and O–H groups in total. The maximum atomic E-state index is 6.22. The Morgan fingerprint density at radius 1 is 1.25 bits per heavy atom. The van der Waals surface area contributed by atoms with Crippen molar-refractivity contribution in [2.45, 2.75) is 25.8 Å². The third-order valence-electron chi connectivity index (χ3n) is 2.98. The zero-order valence-electron chi connectivity index (χ0n) is 11.6. The van der Waals surface area contributed by atoms with E-state index in [1.807, 2.05) is 37.3 Å². The fourth-order valence-corrected chi connectivity index (χ4v) is 2.29. The Labute approximate surface area is 124 Å². The molecule has 4 heteroatoms. The molecule has 0 saturated heterocycles. The molecular formula is C16H19ClN2O. The van der Waals surface area contributed by atoms with Crippen LogP contribution in [0.2, 0.25) is 5.02 Å². The maximum Gasteiger partial charge on any atom is 0.141 e. The summed E-state index contributed by atoms with van der Waals surface area (Å²) >= 11 is 6.22. The number of nitrogens with zero attached hydrogens (tertiary/aromatic N) is 1. The number of nitrogens with two attached hydrogens (primary N) is 1. The van der Waals surface area contributed by atoms with Gasteiger partial charge in [0.05, 0.1) is 11.6 Å². The summed E-state index contributed by atoms with van der Waals surface area (Å²) < 4.78 is 5.86. The fourth-order valence-electron chi connectivity index (χ4n) is 2.04. The molecule has 20 heavy (non-hydrogen) atoms. The summed E-state index contributed by atoms with van der Waals surface area (Å²) in [6.07, 6.45) is 5.15. The summed E-state index contributed by atoms with van der Waals surface area (Å²) in [5.74, 6) is 0.750. The van der Waals surface area contributed by atoms with E-state index in [4.69, 9.17) is 22.1 Å². The Morgan fingerprint density at radius 3 is 2.70 bits per heavy atom. The molecule has 2 aromatic rings. The predicted molar refractivity (Wildman–Crippen MR) is 82.2 cm³/mol. The first-order chi connectivity index (χ1) is 9.66. The van der Waals surface area contributed by atoms with Crippen LogP contribution in [0.3, 0.4) is 0 Å². The minimum atomic E-state index is 0.0796. The predicted octanol–water partition coefficient (Wildman–Crippen LogP) is 3.25. The van der Waals surface area contributed by atoms with E-state index in [-0.39, 0.29) is 6.04 Å². The average Bonchev–Trinajstić information content (AvgIpc) is 2.42. The molecule has 1 aromatic carbocycles. The van der Waals surface area contributed by atoms with Crippen molar-refractivity contribution in [2.24, 2.45) is 5.73 Å². The van der Waals surface area contributed by atoms with Crippen molar-refractivity contribution in [2.75, 3.05) is 6.61 Å². The Morgan fingerprint density at radius 2 is 2.00 bits per heavy atom. The number of hydrogen-bond acceptors (Lipinski definition) is 3. The number of pyridine rings is 1. The highest BCUT2D eigenvalue weighted by molar-refractivity contribution is 6.32. The molecule has 0 spiro atoms. The molecule has 0 bridgehead atoms. The monoisotopic (exact) mass is 290 g/mol. The van der Waals surface area contributed by atoms with Gasteiger partial charge in [0.2, 0.25) is 0 Å². The fraction of sp³-hybridized carbons (Fsp3) is 0.312. The molecule has 2 rings (SSSR count). The van der Waals surface area contributed by atoms with Crippen molar-refractivity contribution in [3.63, 3.8) is 0 Å². The van der Waals surface area contributed by atoms with Crippen LogP contribution < -0.4 is 10.5 Å². The largest absolute Gasteiger partial charge is 0.491 e. The van der Waals surface area contributed by atoms with Crippen LogP contribution in [-0.4, -0.2) is 17.6 Å². The SMILES string of the molecule is CC(N)Cc1cccc(Cl)c1OCCc1ccncc1. The van der Waals surface area contributed by atoms with Gasteiger partial charge in [0.15, 0.2) is 0 Å². The first-order valence-electron chi connectivity index (χ1n) is 6.71. The molecule has 0 aliphatic rings. The summed E-state index contributed by atoms with van der Waals surface area (Å²) in [6.45, 7) is 2.56. The van der Waals surface area contributed by atoms with Crippen LogP contribution in [0.15, 0.2) is 42.7 Å². The normalized spacial score (nSPS) is 12.2. The van der Waals surface area contributed by atoms with Crippen molar-refractivity contribution in [3.8, 4) is 5.75 Å². The van der Waals surface area contributed by atoms with Crippen LogP contribution >= 0.6 is 11.6 Å². The van der Waals surface area contributed by atoms with E-state index in [1.54, 1.807) is 12.4 Å². The van der Waals surface area contributed by atoms with Gasteiger partial charge in [0.25, 0.3) is 0 Å². The highest BCUT2D eigenvalue weighted by atomic mass is 35.5. The van der Waals surface area contributed by atoms with Crippen LogP contribution in [0.5, 0.6) is 5.75 Å². The Bertz CT molecular complexity index is 543. The van der Waals surface area contributed by atoms with Gasteiger partial charge in [-0.2, -0.15) is 0 Å². The summed E-state index contributed by atoms with van der Waals surface area (Å²) in [6, 6.07) is 9.83. The lowest BCUT2D eigenvalue weighted by Crippen LogP contribution is -2.18. The van der Waals surface area contributed by atoms with Gasteiger partial charge in [-0.1, -0.05) is 23.7 Å². The van der Waals surface area contributed by atoms with Crippen molar-refractivity contribution >= 4 is 11.6 Å². The first-order valence-corrected chi connectivity index (χ1v) is 7.09. The van der Waals surface area contributed by atoms with Crippen LogP contribution in [0.4, 0.5) is 0 Å². The van der Waals surface area contributed by atoms with Gasteiger partial charge < -0.3 is 10.5 Å². The van der Waals surface area contributed by atoms with E-state index in [0.717, 1.165) is 24.2 Å². The molecule has 1 aromatic heterocycles. The van der Waals surface area contributed by atoms with E-state index in [9.17, 15) is 0 Å². The second-order valence-electron chi connectivity index (χ2n) is 4.86. The van der Waals surface area contributed by atoms with Gasteiger partial charge in [-0.3, -0.25) is 4.98 Å². The van der Waals surface area contributed by atoms with Crippen LogP contribution in [0.1, 0.15) is 18.1 Å². The van der Waals surface area contributed by atoms with Gasteiger partial charge in [-0.15, -0.1) is 0 Å². The summed E-state index contributed by atoms with van der Waals surface area (Å²) in [5.41, 5.74) is 8.11. The van der Waals surface area contributed by atoms with Gasteiger partial charge >= 0.3 is 0 Å². The van der Waals surface area contributed by atoms with Crippen molar-refractivity contribution in [1.29, 1.82) is 0 Å². The smallest absolute Gasteiger partial charge is 0.141 e. The molecule has 106 valence electrons. The lowest BCUT2D eigenvalue weighted by molar-refractivity contribution is 0.318. The van der Waals surface area contributed by atoms with E-state index in [1.165, 1.54) is 5.56 Å². The first kappa shape index (κ1) is 14.8. The molecule has 1 heterocycles. The van der Waals surface area contributed by atoms with E-state index < -0.39 is 0 Å². The summed E-state index contributed by atoms with van der Waals surface area (Å²) in [5, 5.41) is 0.637. The van der Waals surface area contributed by atoms with Crippen LogP contribution in [-0.2, 0) is 12.8 Å². The number of para-hydroxylation sites is 1. The summed E-state index contributed by atoms with van der Waals surface area (Å²) in [7, 11) is 0. The zero-order valence-corrected chi connectivity index (χ0v) is 12.3. The van der Waals surface area contributed by atoms with Gasteiger partial charge in [-0.25, -0.2) is 0 Å². The second kappa shape index (κ2) is 7.27. The molecule has 0 amide bonds. The molecular weight excluding hydrogens is 272 g/mol. The molecule has 0 fully saturated rings. The molecule has 0 radical (unpaired) electrons. The average molecular weight is 291 g/mol. The Kier molecular flexibility index (Phi) is 5.39. The van der Waals surface area contributed by atoms with Crippen molar-refractivity contribution in [3.05, 3.63) is 58.9 Å². The highest BCUT2D eigenvalue weighted by Crippen LogP contribution is 2.29. The topological polar surface area (TPSA) is 48.1 Å². The number of aromatic nitrogens is 1. The van der Waals surface area contributed by atoms with Gasteiger partial charge in [0, 0.05) is 24.9 Å². The third-order valence-corrected chi connectivity index (χ3v) is 3.27. The third kappa shape index (κ3) is 4.22. The minimum Gasteiger partial charge on any atom is -0.491 e. The van der Waals surface area contributed by atoms with Gasteiger partial charge in [-0.05, 0) is 42.7 Å². The van der Waals surface area contributed by atoms with Crippen molar-refractivity contribution < 1.29 is 4.74 Å². The van der Waals surface area contributed by atoms with E-state index in [2.05, 4.69) is 4.98 Å². The molecule has 3 nitrogen and oxygen atoms in total. The maximum absolute atomic E-state index is 6.22. The number of hydrogen-bond donors (Lipinski definition) is 1. The highest BCUT2D eigenvalue weighted by Gasteiger charge is 2.10. The van der Waals surface area contributed by atoms with Crippen molar-refractivity contribution in [1.82, 2.24) is 4.98 Å². The molecule has 1 atom stereocenters. The summed E-state index contributed by atoms with van der Waals surface area (Å²) in [4.78, 5) is 4.00.